The van der Waals surface area contributed by atoms with Crippen molar-refractivity contribution in [2.45, 2.75) is 38.8 Å². The first kappa shape index (κ1) is 16.6. The van der Waals surface area contributed by atoms with E-state index in [1.165, 1.54) is 19.4 Å². The Bertz CT molecular complexity index is 542. The van der Waals surface area contributed by atoms with Crippen molar-refractivity contribution in [2.24, 2.45) is 0 Å². The van der Waals surface area contributed by atoms with E-state index in [9.17, 15) is 19.7 Å². The van der Waals surface area contributed by atoms with Crippen LogP contribution in [0, 0.1) is 10.1 Å². The molecule has 0 spiro atoms. The van der Waals surface area contributed by atoms with Crippen molar-refractivity contribution >= 4 is 17.7 Å². The molecule has 1 amide bonds. The molecule has 116 valence electrons. The maximum atomic E-state index is 12.0. The third kappa shape index (κ3) is 4.26. The van der Waals surface area contributed by atoms with Crippen LogP contribution >= 0.6 is 0 Å². The van der Waals surface area contributed by atoms with Crippen molar-refractivity contribution in [3.05, 3.63) is 22.4 Å². The second-order valence-electron chi connectivity index (χ2n) is 4.75. The van der Waals surface area contributed by atoms with Crippen molar-refractivity contribution in [1.29, 1.82) is 0 Å². The van der Waals surface area contributed by atoms with E-state index in [-0.39, 0.29) is 12.4 Å². The Morgan fingerprint density at radius 2 is 2.24 bits per heavy atom. The average molecular weight is 298 g/mol. The first-order valence-corrected chi connectivity index (χ1v) is 6.39. The second-order valence-corrected chi connectivity index (χ2v) is 4.75. The quantitative estimate of drug-likeness (QED) is 0.448. The van der Waals surface area contributed by atoms with E-state index in [0.717, 1.165) is 4.68 Å². The van der Waals surface area contributed by atoms with Gasteiger partial charge < -0.3 is 20.2 Å². The number of esters is 1. The fourth-order valence-electron chi connectivity index (χ4n) is 1.97. The van der Waals surface area contributed by atoms with E-state index in [0.29, 0.717) is 12.8 Å². The molecule has 21 heavy (non-hydrogen) atoms. The standard InChI is InChI=1S/C12H18N4O5/c1-4-6-12(2,11(18)21-3)13-10(17)8-15-7-5-9(14-15)16(19)20/h5,7H,4,6,8H2,1-3H3,(H,13,17). The summed E-state index contributed by atoms with van der Waals surface area (Å²) in [5.41, 5.74) is -1.13. The number of nitro groups is 1. The molecule has 1 aromatic rings. The minimum Gasteiger partial charge on any atom is -0.467 e. The van der Waals surface area contributed by atoms with Gasteiger partial charge in [0.05, 0.1) is 24.5 Å². The maximum absolute atomic E-state index is 12.0. The van der Waals surface area contributed by atoms with Gasteiger partial charge in [0.1, 0.15) is 12.1 Å². The summed E-state index contributed by atoms with van der Waals surface area (Å²) in [6, 6.07) is 1.19. The molecule has 1 unspecified atom stereocenters. The third-order valence-corrected chi connectivity index (χ3v) is 2.92. The summed E-state index contributed by atoms with van der Waals surface area (Å²) in [4.78, 5) is 33.6. The van der Waals surface area contributed by atoms with Crippen LogP contribution in [-0.4, -0.2) is 39.2 Å². The lowest BCUT2D eigenvalue weighted by Gasteiger charge is -2.27. The smallest absolute Gasteiger partial charge is 0.389 e. The van der Waals surface area contributed by atoms with Crippen LogP contribution in [0.3, 0.4) is 0 Å². The molecule has 0 bridgehead atoms. The largest absolute Gasteiger partial charge is 0.467 e. The van der Waals surface area contributed by atoms with Gasteiger partial charge in [-0.15, -0.1) is 0 Å². The summed E-state index contributed by atoms with van der Waals surface area (Å²) in [6.45, 7) is 3.24. The number of ether oxygens (including phenoxy) is 1. The van der Waals surface area contributed by atoms with Gasteiger partial charge in [0, 0.05) is 0 Å². The van der Waals surface area contributed by atoms with Gasteiger partial charge in [-0.3, -0.25) is 4.79 Å². The second kappa shape index (κ2) is 6.82. The number of hydrogen-bond acceptors (Lipinski definition) is 6. The lowest BCUT2D eigenvalue weighted by molar-refractivity contribution is -0.389. The van der Waals surface area contributed by atoms with E-state index in [1.54, 1.807) is 6.92 Å². The number of amides is 1. The van der Waals surface area contributed by atoms with Crippen LogP contribution in [0.25, 0.3) is 0 Å². The van der Waals surface area contributed by atoms with E-state index in [2.05, 4.69) is 15.2 Å². The number of carbonyl (C=O) groups excluding carboxylic acids is 2. The van der Waals surface area contributed by atoms with Crippen LogP contribution in [0.15, 0.2) is 12.3 Å². The lowest BCUT2D eigenvalue weighted by atomic mass is 9.96. The van der Waals surface area contributed by atoms with Gasteiger partial charge in [-0.2, -0.15) is 4.68 Å². The number of hydrogen-bond donors (Lipinski definition) is 1. The molecule has 9 nitrogen and oxygen atoms in total. The minimum atomic E-state index is -1.13. The van der Waals surface area contributed by atoms with Crippen LogP contribution in [0.5, 0.6) is 0 Å². The predicted octanol–water partition coefficient (Wildman–Crippen LogP) is 0.639. The number of nitrogens with zero attached hydrogens (tertiary/aromatic N) is 3. The highest BCUT2D eigenvalue weighted by Crippen LogP contribution is 2.14. The highest BCUT2D eigenvalue weighted by molar-refractivity contribution is 5.87. The minimum absolute atomic E-state index is 0.218. The first-order chi connectivity index (χ1) is 9.82. The van der Waals surface area contributed by atoms with Gasteiger partial charge in [0.25, 0.3) is 0 Å². The zero-order valence-corrected chi connectivity index (χ0v) is 12.2. The molecule has 1 N–H and O–H groups in total. The number of aromatic nitrogens is 2. The summed E-state index contributed by atoms with van der Waals surface area (Å²) in [6.07, 6.45) is 2.43. The van der Waals surface area contributed by atoms with E-state index in [4.69, 9.17) is 0 Å². The molecule has 0 saturated heterocycles. The first-order valence-electron chi connectivity index (χ1n) is 6.39. The molecule has 0 fully saturated rings. The Balaban J connectivity index is 2.73. The predicted molar refractivity (Wildman–Crippen MR) is 72.4 cm³/mol. The Hall–Kier alpha value is -2.45. The number of methoxy groups -OCH3 is 1. The zero-order chi connectivity index (χ0) is 16.0. The fraction of sp³-hybridized carbons (Fsp3) is 0.583. The molecule has 0 aliphatic carbocycles. The highest BCUT2D eigenvalue weighted by Gasteiger charge is 2.35. The molecular weight excluding hydrogens is 280 g/mol. The molecule has 1 heterocycles. The van der Waals surface area contributed by atoms with Gasteiger partial charge in [0.2, 0.25) is 5.91 Å². The summed E-state index contributed by atoms with van der Waals surface area (Å²) < 4.78 is 5.83. The monoisotopic (exact) mass is 298 g/mol. The van der Waals surface area contributed by atoms with Crippen LogP contribution in [-0.2, 0) is 20.9 Å². The Labute approximate surface area is 121 Å². The highest BCUT2D eigenvalue weighted by atomic mass is 16.6. The van der Waals surface area contributed by atoms with Crippen molar-refractivity contribution < 1.29 is 19.2 Å². The summed E-state index contributed by atoms with van der Waals surface area (Å²) >= 11 is 0. The van der Waals surface area contributed by atoms with Crippen molar-refractivity contribution in [2.75, 3.05) is 7.11 Å². The Morgan fingerprint density at radius 3 is 2.71 bits per heavy atom. The topological polar surface area (TPSA) is 116 Å². The van der Waals surface area contributed by atoms with Gasteiger partial charge >= 0.3 is 11.8 Å². The molecule has 9 heteroatoms. The molecule has 0 aliphatic heterocycles. The van der Waals surface area contributed by atoms with Gasteiger partial charge in [0.15, 0.2) is 0 Å². The Kier molecular flexibility index (Phi) is 5.39. The number of carbonyl (C=O) groups is 2. The third-order valence-electron chi connectivity index (χ3n) is 2.92. The van der Waals surface area contributed by atoms with Crippen LogP contribution < -0.4 is 5.32 Å². The molecule has 0 aromatic carbocycles. The van der Waals surface area contributed by atoms with Crippen LogP contribution in [0.1, 0.15) is 26.7 Å². The van der Waals surface area contributed by atoms with Crippen molar-refractivity contribution in [3.63, 3.8) is 0 Å². The summed E-state index contributed by atoms with van der Waals surface area (Å²) in [5, 5.41) is 16.7. The number of rotatable bonds is 7. The molecule has 0 aliphatic rings. The van der Waals surface area contributed by atoms with Crippen molar-refractivity contribution in [1.82, 2.24) is 15.1 Å². The van der Waals surface area contributed by atoms with Crippen LogP contribution in [0.2, 0.25) is 0 Å². The molecule has 0 saturated carbocycles. The average Bonchev–Trinajstić information content (AvgIpc) is 2.86. The van der Waals surface area contributed by atoms with E-state index in [1.807, 2.05) is 6.92 Å². The Morgan fingerprint density at radius 1 is 1.57 bits per heavy atom. The number of nitrogens with one attached hydrogen (secondary N) is 1. The van der Waals surface area contributed by atoms with Crippen LogP contribution in [0.4, 0.5) is 5.82 Å². The SMILES string of the molecule is CCCC(C)(NC(=O)Cn1ccc([N+](=O)[O-])n1)C(=O)OC. The lowest BCUT2D eigenvalue weighted by Crippen LogP contribution is -2.53. The normalized spacial score (nSPS) is 13.3. The van der Waals surface area contributed by atoms with Crippen molar-refractivity contribution in [3.8, 4) is 0 Å². The van der Waals surface area contributed by atoms with Gasteiger partial charge in [-0.1, -0.05) is 13.3 Å². The van der Waals surface area contributed by atoms with Gasteiger partial charge in [-0.25, -0.2) is 4.79 Å². The maximum Gasteiger partial charge on any atom is 0.389 e. The summed E-state index contributed by atoms with van der Waals surface area (Å²) in [5.74, 6) is -1.36. The zero-order valence-electron chi connectivity index (χ0n) is 12.2. The molecule has 1 aromatic heterocycles. The van der Waals surface area contributed by atoms with Gasteiger partial charge in [-0.05, 0) is 18.3 Å². The molecule has 1 rings (SSSR count). The molecular formula is C12H18N4O5. The summed E-state index contributed by atoms with van der Waals surface area (Å²) in [7, 11) is 1.25. The van der Waals surface area contributed by atoms with E-state index >= 15 is 0 Å². The fourth-order valence-corrected chi connectivity index (χ4v) is 1.97. The molecule has 1 atom stereocenters. The molecule has 0 radical (unpaired) electrons. The van der Waals surface area contributed by atoms with E-state index < -0.39 is 22.3 Å².